The molecule has 0 bridgehead atoms. The molecule has 0 radical (unpaired) electrons. The van der Waals surface area contributed by atoms with Crippen LogP contribution in [0, 0.1) is 5.41 Å². The van der Waals surface area contributed by atoms with E-state index in [1.54, 1.807) is 32.9 Å². The molecule has 3 aromatic rings. The Morgan fingerprint density at radius 1 is 1.11 bits per heavy atom. The molecule has 0 saturated heterocycles. The Balaban J connectivity index is 1.66. The summed E-state index contributed by atoms with van der Waals surface area (Å²) < 4.78 is 47.8. The van der Waals surface area contributed by atoms with Gasteiger partial charge in [0.1, 0.15) is 0 Å². The first-order valence-corrected chi connectivity index (χ1v) is 11.1. The second-order valence-electron chi connectivity index (χ2n) is 9.37. The zero-order valence-corrected chi connectivity index (χ0v) is 20.2. The largest absolute Gasteiger partial charge is 0.467 e. The Kier molecular flexibility index (Phi) is 6.46. The first-order chi connectivity index (χ1) is 16.9. The van der Waals surface area contributed by atoms with Crippen molar-refractivity contribution in [2.75, 3.05) is 19.0 Å². The number of halogens is 3. The van der Waals surface area contributed by atoms with E-state index in [0.29, 0.717) is 17.1 Å². The molecule has 1 N–H and O–H groups in total. The van der Waals surface area contributed by atoms with Crippen LogP contribution in [0.1, 0.15) is 48.1 Å². The minimum absolute atomic E-state index is 0.0309. The van der Waals surface area contributed by atoms with E-state index in [9.17, 15) is 22.8 Å². The predicted octanol–water partition coefficient (Wildman–Crippen LogP) is 3.87. The average molecular weight is 502 g/mol. The maximum absolute atomic E-state index is 13.9. The van der Waals surface area contributed by atoms with Gasteiger partial charge in [0.05, 0.1) is 36.6 Å². The molecule has 0 aliphatic carbocycles. The number of fused-ring (bicyclic) bond motifs is 1. The van der Waals surface area contributed by atoms with E-state index >= 15 is 0 Å². The van der Waals surface area contributed by atoms with Crippen LogP contribution in [0.3, 0.4) is 0 Å². The molecule has 12 heteroatoms. The van der Waals surface area contributed by atoms with E-state index in [0.717, 1.165) is 0 Å². The number of anilines is 1. The van der Waals surface area contributed by atoms with Crippen LogP contribution in [0.2, 0.25) is 0 Å². The van der Waals surface area contributed by atoms with E-state index in [-0.39, 0.29) is 42.6 Å². The van der Waals surface area contributed by atoms with Crippen molar-refractivity contribution < 1.29 is 27.5 Å². The third-order valence-electron chi connectivity index (χ3n) is 5.68. The van der Waals surface area contributed by atoms with Crippen LogP contribution in [0.4, 0.5) is 18.9 Å². The number of alkyl halides is 3. The average Bonchev–Trinajstić information content (AvgIpc) is 3.23. The molecule has 9 nitrogen and oxygen atoms in total. The maximum Gasteiger partial charge on any atom is 0.435 e. The minimum Gasteiger partial charge on any atom is -0.467 e. The second kappa shape index (κ2) is 9.25. The molecule has 0 atom stereocenters. The number of carbonyl (C=O) groups excluding carboxylic acids is 2. The lowest BCUT2D eigenvalue weighted by atomic mass is 9.93. The van der Waals surface area contributed by atoms with Crippen LogP contribution in [0.25, 0.3) is 5.69 Å². The summed E-state index contributed by atoms with van der Waals surface area (Å²) in [5, 5.41) is 6.52. The fourth-order valence-electron chi connectivity index (χ4n) is 3.98. The van der Waals surface area contributed by atoms with Crippen LogP contribution in [0.5, 0.6) is 6.01 Å². The van der Waals surface area contributed by atoms with Crippen molar-refractivity contribution in [2.24, 2.45) is 5.41 Å². The van der Waals surface area contributed by atoms with Crippen molar-refractivity contribution in [1.29, 1.82) is 0 Å². The van der Waals surface area contributed by atoms with Gasteiger partial charge in [-0.15, -0.1) is 0 Å². The molecule has 0 saturated carbocycles. The molecule has 1 aliphatic rings. The van der Waals surface area contributed by atoms with Gasteiger partial charge in [0.2, 0.25) is 5.91 Å². The zero-order chi connectivity index (χ0) is 26.3. The molecule has 0 spiro atoms. The van der Waals surface area contributed by atoms with Gasteiger partial charge in [-0.2, -0.15) is 18.3 Å². The van der Waals surface area contributed by atoms with Gasteiger partial charge in [0, 0.05) is 36.1 Å². The van der Waals surface area contributed by atoms with Crippen LogP contribution in [0.15, 0.2) is 36.7 Å². The van der Waals surface area contributed by atoms with Crippen molar-refractivity contribution in [2.45, 2.75) is 39.9 Å². The first-order valence-electron chi connectivity index (χ1n) is 11.1. The maximum atomic E-state index is 13.9. The highest BCUT2D eigenvalue weighted by atomic mass is 19.4. The van der Waals surface area contributed by atoms with E-state index in [4.69, 9.17) is 4.74 Å². The van der Waals surface area contributed by atoms with E-state index in [2.05, 4.69) is 20.4 Å². The molecule has 36 heavy (non-hydrogen) atoms. The number of nitrogens with zero attached hydrogens (tertiary/aromatic N) is 5. The number of hydrogen-bond donors (Lipinski definition) is 1. The molecule has 2 amide bonds. The molecule has 190 valence electrons. The number of rotatable bonds is 4. The third kappa shape index (κ3) is 5.02. The highest BCUT2D eigenvalue weighted by Gasteiger charge is 2.42. The van der Waals surface area contributed by atoms with Gasteiger partial charge in [-0.05, 0) is 18.2 Å². The Morgan fingerprint density at radius 2 is 1.81 bits per heavy atom. The number of aromatic nitrogens is 4. The standard InChI is InChI=1S/C24H25F3N6O3/c1-23(2,3)21(35)32-9-8-18-17(13-32)19(24(25,26)27)31-33(18)16-7-5-6-14(10-16)20(34)30-15-11-28-22(36-4)29-12-15/h5-7,10-12H,8-9,13H2,1-4H3,(H,30,34). The van der Waals surface area contributed by atoms with Crippen LogP contribution in [-0.2, 0) is 23.9 Å². The highest BCUT2D eigenvalue weighted by molar-refractivity contribution is 6.04. The van der Waals surface area contributed by atoms with Crippen molar-refractivity contribution >= 4 is 17.5 Å². The number of amides is 2. The van der Waals surface area contributed by atoms with Gasteiger partial charge in [-0.3, -0.25) is 9.59 Å². The number of methoxy groups -OCH3 is 1. The lowest BCUT2D eigenvalue weighted by molar-refractivity contribution is -0.145. The quantitative estimate of drug-likeness (QED) is 0.581. The van der Waals surface area contributed by atoms with Crippen molar-refractivity contribution in [3.05, 3.63) is 59.2 Å². The fourth-order valence-corrected chi connectivity index (χ4v) is 3.98. The number of nitrogens with one attached hydrogen (secondary N) is 1. The monoisotopic (exact) mass is 502 g/mol. The summed E-state index contributed by atoms with van der Waals surface area (Å²) in [7, 11) is 1.41. The van der Waals surface area contributed by atoms with Gasteiger partial charge in [0.25, 0.3) is 5.91 Å². The summed E-state index contributed by atoms with van der Waals surface area (Å²) >= 11 is 0. The predicted molar refractivity (Wildman–Crippen MR) is 124 cm³/mol. The normalized spacial score (nSPS) is 13.8. The highest BCUT2D eigenvalue weighted by Crippen LogP contribution is 2.37. The molecule has 2 aromatic heterocycles. The number of benzene rings is 1. The summed E-state index contributed by atoms with van der Waals surface area (Å²) in [5.41, 5.74) is -0.585. The van der Waals surface area contributed by atoms with Gasteiger partial charge < -0.3 is 15.0 Å². The molecule has 1 aliphatic heterocycles. The first kappa shape index (κ1) is 25.1. The van der Waals surface area contributed by atoms with Crippen molar-refractivity contribution in [3.8, 4) is 11.7 Å². The molecule has 4 rings (SSSR count). The van der Waals surface area contributed by atoms with Gasteiger partial charge in [-0.1, -0.05) is 26.8 Å². The lowest BCUT2D eigenvalue weighted by Crippen LogP contribution is -2.42. The second-order valence-corrected chi connectivity index (χ2v) is 9.37. The molecular weight excluding hydrogens is 477 g/mol. The lowest BCUT2D eigenvalue weighted by Gasteiger charge is -2.33. The number of hydrogen-bond acceptors (Lipinski definition) is 6. The van der Waals surface area contributed by atoms with Gasteiger partial charge in [0.15, 0.2) is 5.69 Å². The number of carbonyl (C=O) groups is 2. The third-order valence-corrected chi connectivity index (χ3v) is 5.68. The van der Waals surface area contributed by atoms with Crippen molar-refractivity contribution in [3.63, 3.8) is 0 Å². The summed E-state index contributed by atoms with van der Waals surface area (Å²) in [4.78, 5) is 34.8. The Bertz CT molecular complexity index is 1300. The minimum atomic E-state index is -4.70. The summed E-state index contributed by atoms with van der Waals surface area (Å²) in [6.07, 6.45) is -1.76. The summed E-state index contributed by atoms with van der Waals surface area (Å²) in [5.74, 6) is -0.722. The molecule has 3 heterocycles. The van der Waals surface area contributed by atoms with E-state index in [1.807, 2.05) is 0 Å². The van der Waals surface area contributed by atoms with Crippen molar-refractivity contribution in [1.82, 2.24) is 24.6 Å². The fraction of sp³-hybridized carbons (Fsp3) is 0.375. The molecular formula is C24H25F3N6O3. The summed E-state index contributed by atoms with van der Waals surface area (Å²) in [6.45, 7) is 5.27. The van der Waals surface area contributed by atoms with E-state index in [1.165, 1.54) is 41.2 Å². The summed E-state index contributed by atoms with van der Waals surface area (Å²) in [6, 6.07) is 6.27. The van der Waals surface area contributed by atoms with Gasteiger partial charge >= 0.3 is 12.2 Å². The molecule has 1 aromatic carbocycles. The zero-order valence-electron chi connectivity index (χ0n) is 20.2. The van der Waals surface area contributed by atoms with Crippen LogP contribution in [-0.4, -0.2) is 50.1 Å². The Labute approximate surface area is 205 Å². The van der Waals surface area contributed by atoms with Crippen LogP contribution >= 0.6 is 0 Å². The van der Waals surface area contributed by atoms with Crippen LogP contribution < -0.4 is 10.1 Å². The van der Waals surface area contributed by atoms with Gasteiger partial charge in [-0.25, -0.2) is 14.6 Å². The Hall–Kier alpha value is -3.96. The molecule has 0 fully saturated rings. The smallest absolute Gasteiger partial charge is 0.435 e. The topological polar surface area (TPSA) is 102 Å². The number of ether oxygens (including phenoxy) is 1. The molecule has 0 unspecified atom stereocenters. The Morgan fingerprint density at radius 3 is 2.42 bits per heavy atom. The van der Waals surface area contributed by atoms with E-state index < -0.39 is 23.2 Å². The SMILES string of the molecule is COc1ncc(NC(=O)c2cccc(-n3nc(C(F)(F)F)c4c3CCN(C(=O)C(C)(C)C)C4)c2)cn1.